The average Bonchev–Trinajstić information content (AvgIpc) is 2.70. The Morgan fingerprint density at radius 1 is 1.11 bits per heavy atom. The minimum absolute atomic E-state index is 0.0960. The first-order valence-electron chi connectivity index (χ1n) is 9.34. The van der Waals surface area contributed by atoms with Gasteiger partial charge in [-0.15, -0.1) is 0 Å². The van der Waals surface area contributed by atoms with Crippen LogP contribution < -0.4 is 4.74 Å². The van der Waals surface area contributed by atoms with Gasteiger partial charge in [-0.05, 0) is 40.6 Å². The van der Waals surface area contributed by atoms with Crippen molar-refractivity contribution in [3.05, 3.63) is 76.9 Å². The third-order valence-corrected chi connectivity index (χ3v) is 4.80. The molecule has 28 heavy (non-hydrogen) atoms. The van der Waals surface area contributed by atoms with Crippen LogP contribution in [0.3, 0.4) is 0 Å². The van der Waals surface area contributed by atoms with Gasteiger partial charge >= 0.3 is 5.97 Å². The number of aliphatic carboxylic acids is 1. The fraction of sp³-hybridized carbons (Fsp3) is 0.208. The van der Waals surface area contributed by atoms with Gasteiger partial charge in [0, 0.05) is 17.4 Å². The Hall–Kier alpha value is -3.27. The molecule has 0 aliphatic heterocycles. The maximum atomic E-state index is 11.9. The molecule has 0 fully saturated rings. The Balaban J connectivity index is 2.20. The second-order valence-corrected chi connectivity index (χ2v) is 6.74. The van der Waals surface area contributed by atoms with Crippen LogP contribution in [-0.4, -0.2) is 23.3 Å². The molecule has 4 heteroatoms. The minimum atomic E-state index is -0.964. The summed E-state index contributed by atoms with van der Waals surface area (Å²) in [4.78, 5) is 11.9. The maximum absolute atomic E-state index is 11.9. The van der Waals surface area contributed by atoms with E-state index in [4.69, 9.17) is 4.74 Å². The molecule has 0 atom stereocenters. The Morgan fingerprint density at radius 2 is 1.86 bits per heavy atom. The fourth-order valence-electron chi connectivity index (χ4n) is 3.48. The third kappa shape index (κ3) is 4.01. The van der Waals surface area contributed by atoms with Gasteiger partial charge in [0.25, 0.3) is 0 Å². The molecule has 4 nitrogen and oxygen atoms in total. The van der Waals surface area contributed by atoms with Crippen LogP contribution >= 0.6 is 0 Å². The van der Waals surface area contributed by atoms with E-state index in [1.807, 2.05) is 48.5 Å². The molecule has 144 valence electrons. The number of methoxy groups -OCH3 is 1. The number of ether oxygens (including phenoxy) is 1. The number of carbonyl (C=O) groups is 1. The van der Waals surface area contributed by atoms with Crippen molar-refractivity contribution in [2.75, 3.05) is 7.11 Å². The van der Waals surface area contributed by atoms with E-state index in [-0.39, 0.29) is 11.3 Å². The first kappa shape index (κ1) is 19.5. The van der Waals surface area contributed by atoms with Crippen molar-refractivity contribution >= 4 is 22.8 Å². The van der Waals surface area contributed by atoms with Crippen LogP contribution in [0.4, 0.5) is 0 Å². The fourth-order valence-corrected chi connectivity index (χ4v) is 3.48. The van der Waals surface area contributed by atoms with Gasteiger partial charge in [0.05, 0.1) is 7.11 Å². The normalized spacial score (nSPS) is 11.6. The van der Waals surface area contributed by atoms with E-state index in [2.05, 4.69) is 6.92 Å². The van der Waals surface area contributed by atoms with Crippen LogP contribution in [0.5, 0.6) is 11.5 Å². The Bertz CT molecular complexity index is 1020. The molecule has 0 unspecified atom stereocenters. The molecular weight excluding hydrogens is 352 g/mol. The zero-order chi connectivity index (χ0) is 20.1. The van der Waals surface area contributed by atoms with Crippen LogP contribution in [0, 0.1) is 0 Å². The van der Waals surface area contributed by atoms with Crippen molar-refractivity contribution in [1.29, 1.82) is 0 Å². The summed E-state index contributed by atoms with van der Waals surface area (Å²) in [5.41, 5.74) is 2.95. The highest BCUT2D eigenvalue weighted by atomic mass is 16.5. The number of hydrogen-bond donors (Lipinski definition) is 2. The molecule has 0 aliphatic carbocycles. The lowest BCUT2D eigenvalue weighted by atomic mass is 9.94. The summed E-state index contributed by atoms with van der Waals surface area (Å²) >= 11 is 0. The Morgan fingerprint density at radius 3 is 2.50 bits per heavy atom. The van der Waals surface area contributed by atoms with Gasteiger partial charge < -0.3 is 14.9 Å². The lowest BCUT2D eigenvalue weighted by Gasteiger charge is -2.14. The number of hydrogen-bond acceptors (Lipinski definition) is 3. The van der Waals surface area contributed by atoms with Crippen molar-refractivity contribution in [2.24, 2.45) is 0 Å². The van der Waals surface area contributed by atoms with E-state index in [1.54, 1.807) is 12.1 Å². The molecule has 2 N–H and O–H groups in total. The summed E-state index contributed by atoms with van der Waals surface area (Å²) in [5, 5.41) is 22.0. The van der Waals surface area contributed by atoms with E-state index in [1.165, 1.54) is 7.11 Å². The topological polar surface area (TPSA) is 66.8 Å². The SMILES string of the molecule is CCCc1cccc2c(C=C(Cc3ccccc3)C(=O)O)cc(OC)c(O)c12. The molecule has 0 spiro atoms. The van der Waals surface area contributed by atoms with E-state index in [9.17, 15) is 15.0 Å². The molecule has 0 amide bonds. The number of phenols is 1. The van der Waals surface area contributed by atoms with Gasteiger partial charge in [-0.2, -0.15) is 0 Å². The number of phenolic OH excluding ortho intramolecular Hbond substituents is 1. The lowest BCUT2D eigenvalue weighted by Crippen LogP contribution is -2.04. The lowest BCUT2D eigenvalue weighted by molar-refractivity contribution is -0.132. The van der Waals surface area contributed by atoms with Gasteiger partial charge in [0.15, 0.2) is 11.5 Å². The molecule has 3 rings (SSSR count). The molecule has 3 aromatic rings. The minimum Gasteiger partial charge on any atom is -0.504 e. The molecule has 0 heterocycles. The molecule has 0 aliphatic rings. The zero-order valence-electron chi connectivity index (χ0n) is 16.1. The second-order valence-electron chi connectivity index (χ2n) is 6.74. The summed E-state index contributed by atoms with van der Waals surface area (Å²) in [6.45, 7) is 2.08. The highest BCUT2D eigenvalue weighted by molar-refractivity contribution is 6.02. The second kappa shape index (κ2) is 8.61. The van der Waals surface area contributed by atoms with Gasteiger partial charge in [-0.3, -0.25) is 0 Å². The van der Waals surface area contributed by atoms with Crippen molar-refractivity contribution in [2.45, 2.75) is 26.2 Å². The first-order valence-corrected chi connectivity index (χ1v) is 9.34. The average molecular weight is 376 g/mol. The molecule has 0 radical (unpaired) electrons. The van der Waals surface area contributed by atoms with Gasteiger partial charge in [0.2, 0.25) is 0 Å². The van der Waals surface area contributed by atoms with Crippen molar-refractivity contribution in [1.82, 2.24) is 0 Å². The Labute approximate surface area is 164 Å². The molecule has 0 bridgehead atoms. The number of benzene rings is 3. The highest BCUT2D eigenvalue weighted by Gasteiger charge is 2.16. The van der Waals surface area contributed by atoms with Crippen molar-refractivity contribution in [3.63, 3.8) is 0 Å². The van der Waals surface area contributed by atoms with Crippen LogP contribution in [-0.2, 0) is 17.6 Å². The largest absolute Gasteiger partial charge is 0.504 e. The summed E-state index contributed by atoms with van der Waals surface area (Å²) < 4.78 is 5.36. The van der Waals surface area contributed by atoms with E-state index in [0.717, 1.165) is 40.3 Å². The van der Waals surface area contributed by atoms with E-state index >= 15 is 0 Å². The number of carboxylic acids is 1. The number of rotatable bonds is 7. The van der Waals surface area contributed by atoms with Crippen LogP contribution in [0.1, 0.15) is 30.0 Å². The zero-order valence-corrected chi connectivity index (χ0v) is 16.1. The first-order chi connectivity index (χ1) is 13.5. The smallest absolute Gasteiger partial charge is 0.331 e. The summed E-state index contributed by atoms with van der Waals surface area (Å²) in [5.74, 6) is -0.529. The molecular formula is C24H24O4. The number of carboxylic acid groups (broad SMARTS) is 1. The van der Waals surface area contributed by atoms with Crippen LogP contribution in [0.15, 0.2) is 60.2 Å². The van der Waals surface area contributed by atoms with Crippen molar-refractivity contribution < 1.29 is 19.7 Å². The summed E-state index contributed by atoms with van der Waals surface area (Å²) in [7, 11) is 1.50. The maximum Gasteiger partial charge on any atom is 0.331 e. The molecule has 3 aromatic carbocycles. The predicted molar refractivity (Wildman–Crippen MR) is 112 cm³/mol. The van der Waals surface area contributed by atoms with Gasteiger partial charge in [-0.1, -0.05) is 61.9 Å². The molecule has 0 saturated carbocycles. The van der Waals surface area contributed by atoms with E-state index < -0.39 is 5.97 Å². The molecule has 0 aromatic heterocycles. The highest BCUT2D eigenvalue weighted by Crippen LogP contribution is 2.40. The summed E-state index contributed by atoms with van der Waals surface area (Å²) in [6, 6.07) is 17.0. The third-order valence-electron chi connectivity index (χ3n) is 4.80. The van der Waals surface area contributed by atoms with Crippen LogP contribution in [0.25, 0.3) is 16.8 Å². The van der Waals surface area contributed by atoms with E-state index in [0.29, 0.717) is 12.2 Å². The summed E-state index contributed by atoms with van der Waals surface area (Å²) in [6.07, 6.45) is 3.75. The monoisotopic (exact) mass is 376 g/mol. The number of aromatic hydroxyl groups is 1. The van der Waals surface area contributed by atoms with Crippen LogP contribution in [0.2, 0.25) is 0 Å². The number of fused-ring (bicyclic) bond motifs is 1. The van der Waals surface area contributed by atoms with Crippen molar-refractivity contribution in [3.8, 4) is 11.5 Å². The standard InChI is InChI=1S/C24H24O4/c1-3-8-17-11-7-12-20-18(15-21(28-2)23(25)22(17)20)14-19(24(26)27)13-16-9-5-4-6-10-16/h4-7,9-12,14-15,25H,3,8,13H2,1-2H3,(H,26,27). The number of aryl methyl sites for hydroxylation is 1. The quantitative estimate of drug-likeness (QED) is 0.555. The van der Waals surface area contributed by atoms with Gasteiger partial charge in [0.1, 0.15) is 0 Å². The Kier molecular flexibility index (Phi) is 5.99. The van der Waals surface area contributed by atoms with Gasteiger partial charge in [-0.25, -0.2) is 4.79 Å². The predicted octanol–water partition coefficient (Wildman–Crippen LogP) is 5.22. The molecule has 0 saturated heterocycles.